The number of nitrogens with zero attached hydrogens (tertiary/aromatic N) is 2. The zero-order valence-corrected chi connectivity index (χ0v) is 12.9. The molecule has 2 fully saturated rings. The molecule has 3 nitrogen and oxygen atoms in total. The average molecular weight is 266 g/mol. The Hall–Kier alpha value is -0.730. The topological polar surface area (TPSA) is 23.6 Å². The predicted molar refractivity (Wildman–Crippen MR) is 79.1 cm³/mol. The summed E-state index contributed by atoms with van der Waals surface area (Å²) in [6.45, 7) is 10.7. The normalized spacial score (nSPS) is 29.5. The Balaban J connectivity index is 1.88. The van der Waals surface area contributed by atoms with E-state index in [0.29, 0.717) is 11.9 Å². The molecule has 0 aliphatic carbocycles. The first kappa shape index (κ1) is 14.7. The lowest BCUT2D eigenvalue weighted by molar-refractivity contribution is 0.131. The van der Waals surface area contributed by atoms with Crippen molar-refractivity contribution in [1.82, 2.24) is 9.80 Å². The molecule has 2 amide bonds. The summed E-state index contributed by atoms with van der Waals surface area (Å²) >= 11 is 0. The van der Waals surface area contributed by atoms with Gasteiger partial charge in [-0.2, -0.15) is 0 Å². The zero-order chi connectivity index (χ0) is 13.8. The standard InChI is InChI=1S/C16H30N2O/c1-13(2)15-7-5-9-17(11-8-15)16(19)18-10-4-6-14(3)12-18/h13-15H,4-12H2,1-3H3. The highest BCUT2D eigenvalue weighted by molar-refractivity contribution is 5.74. The fourth-order valence-corrected chi connectivity index (χ4v) is 3.54. The van der Waals surface area contributed by atoms with E-state index in [9.17, 15) is 4.79 Å². The number of rotatable bonds is 1. The van der Waals surface area contributed by atoms with Gasteiger partial charge >= 0.3 is 6.03 Å². The molecule has 2 unspecified atom stereocenters. The molecule has 0 aromatic heterocycles. The molecule has 0 spiro atoms. The Kier molecular flexibility index (Phi) is 5.12. The lowest BCUT2D eigenvalue weighted by Gasteiger charge is -2.35. The van der Waals surface area contributed by atoms with Crippen LogP contribution >= 0.6 is 0 Å². The van der Waals surface area contributed by atoms with Crippen molar-refractivity contribution >= 4 is 6.03 Å². The molecular weight excluding hydrogens is 236 g/mol. The van der Waals surface area contributed by atoms with Crippen molar-refractivity contribution < 1.29 is 4.79 Å². The van der Waals surface area contributed by atoms with Gasteiger partial charge in [-0.3, -0.25) is 0 Å². The van der Waals surface area contributed by atoms with Gasteiger partial charge in [0.05, 0.1) is 0 Å². The first-order valence-corrected chi connectivity index (χ1v) is 8.11. The molecule has 110 valence electrons. The van der Waals surface area contributed by atoms with E-state index in [1.165, 1.54) is 32.1 Å². The Bertz CT molecular complexity index is 303. The molecule has 0 aromatic rings. The number of piperidine rings is 1. The van der Waals surface area contributed by atoms with Gasteiger partial charge in [-0.15, -0.1) is 0 Å². The molecule has 19 heavy (non-hydrogen) atoms. The minimum absolute atomic E-state index is 0.302. The number of amides is 2. The molecule has 0 N–H and O–H groups in total. The van der Waals surface area contributed by atoms with Crippen LogP contribution in [-0.4, -0.2) is 42.0 Å². The second-order valence-electron chi connectivity index (χ2n) is 6.90. The maximum Gasteiger partial charge on any atom is 0.320 e. The number of carbonyl (C=O) groups is 1. The molecule has 0 bridgehead atoms. The Morgan fingerprint density at radius 2 is 1.68 bits per heavy atom. The highest BCUT2D eigenvalue weighted by atomic mass is 16.2. The van der Waals surface area contributed by atoms with Crippen molar-refractivity contribution in [2.75, 3.05) is 26.2 Å². The van der Waals surface area contributed by atoms with Crippen LogP contribution in [0.5, 0.6) is 0 Å². The van der Waals surface area contributed by atoms with Crippen molar-refractivity contribution in [2.45, 2.75) is 52.9 Å². The molecule has 3 heteroatoms. The van der Waals surface area contributed by atoms with E-state index in [2.05, 4.69) is 30.6 Å². The molecule has 2 aliphatic rings. The lowest BCUT2D eigenvalue weighted by atomic mass is 9.89. The molecule has 2 saturated heterocycles. The second-order valence-corrected chi connectivity index (χ2v) is 6.90. The van der Waals surface area contributed by atoms with Crippen LogP contribution in [0.25, 0.3) is 0 Å². The van der Waals surface area contributed by atoms with Gasteiger partial charge in [0.1, 0.15) is 0 Å². The summed E-state index contributed by atoms with van der Waals surface area (Å²) in [6, 6.07) is 0.302. The molecular formula is C16H30N2O. The highest BCUT2D eigenvalue weighted by Crippen LogP contribution is 2.25. The van der Waals surface area contributed by atoms with Gasteiger partial charge in [0.15, 0.2) is 0 Å². The smallest absolute Gasteiger partial charge is 0.320 e. The van der Waals surface area contributed by atoms with Crippen molar-refractivity contribution in [3.63, 3.8) is 0 Å². The SMILES string of the molecule is CC1CCCN(C(=O)N2CCCC(C(C)C)CC2)C1. The molecule has 0 radical (unpaired) electrons. The van der Waals surface area contributed by atoms with Crippen LogP contribution in [0.3, 0.4) is 0 Å². The van der Waals surface area contributed by atoms with E-state index in [1.807, 2.05) is 0 Å². The Morgan fingerprint density at radius 3 is 2.37 bits per heavy atom. The van der Waals surface area contributed by atoms with Gasteiger partial charge in [0.2, 0.25) is 0 Å². The minimum atomic E-state index is 0.302. The first-order chi connectivity index (χ1) is 9.08. The van der Waals surface area contributed by atoms with Crippen molar-refractivity contribution in [3.8, 4) is 0 Å². The van der Waals surface area contributed by atoms with Gasteiger partial charge in [-0.05, 0) is 49.9 Å². The number of hydrogen-bond acceptors (Lipinski definition) is 1. The number of hydrogen-bond donors (Lipinski definition) is 0. The van der Waals surface area contributed by atoms with Gasteiger partial charge < -0.3 is 9.80 Å². The summed E-state index contributed by atoms with van der Waals surface area (Å²) in [7, 11) is 0. The van der Waals surface area contributed by atoms with Gasteiger partial charge in [-0.1, -0.05) is 20.8 Å². The van der Waals surface area contributed by atoms with Crippen LogP contribution in [0.1, 0.15) is 52.9 Å². The summed E-state index contributed by atoms with van der Waals surface area (Å²) in [4.78, 5) is 16.8. The second kappa shape index (κ2) is 6.62. The number of urea groups is 1. The average Bonchev–Trinajstić information content (AvgIpc) is 2.63. The van der Waals surface area contributed by atoms with E-state index >= 15 is 0 Å². The van der Waals surface area contributed by atoms with Crippen LogP contribution < -0.4 is 0 Å². The lowest BCUT2D eigenvalue weighted by Crippen LogP contribution is -2.47. The van der Waals surface area contributed by atoms with Gasteiger partial charge in [0, 0.05) is 26.2 Å². The molecule has 2 heterocycles. The molecule has 0 saturated carbocycles. The maximum absolute atomic E-state index is 12.6. The predicted octanol–water partition coefficient (Wildman–Crippen LogP) is 3.60. The van der Waals surface area contributed by atoms with Crippen LogP contribution in [0.4, 0.5) is 4.79 Å². The summed E-state index contributed by atoms with van der Waals surface area (Å²) in [5.74, 6) is 2.23. The summed E-state index contributed by atoms with van der Waals surface area (Å²) in [5, 5.41) is 0. The van der Waals surface area contributed by atoms with E-state index in [-0.39, 0.29) is 0 Å². The Morgan fingerprint density at radius 1 is 1.00 bits per heavy atom. The fourth-order valence-electron chi connectivity index (χ4n) is 3.54. The van der Waals surface area contributed by atoms with Crippen molar-refractivity contribution in [1.29, 1.82) is 0 Å². The summed E-state index contributed by atoms with van der Waals surface area (Å²) < 4.78 is 0. The van der Waals surface area contributed by atoms with E-state index < -0.39 is 0 Å². The van der Waals surface area contributed by atoms with Crippen molar-refractivity contribution in [3.05, 3.63) is 0 Å². The monoisotopic (exact) mass is 266 g/mol. The summed E-state index contributed by atoms with van der Waals surface area (Å²) in [6.07, 6.45) is 6.11. The number of likely N-dealkylation sites (tertiary alicyclic amines) is 2. The Labute approximate surface area is 118 Å². The first-order valence-electron chi connectivity index (χ1n) is 8.11. The highest BCUT2D eigenvalue weighted by Gasteiger charge is 2.27. The van der Waals surface area contributed by atoms with Crippen LogP contribution in [0, 0.1) is 17.8 Å². The zero-order valence-electron chi connectivity index (χ0n) is 12.9. The van der Waals surface area contributed by atoms with E-state index in [4.69, 9.17) is 0 Å². The molecule has 0 aromatic carbocycles. The maximum atomic E-state index is 12.6. The van der Waals surface area contributed by atoms with Crippen LogP contribution in [0.2, 0.25) is 0 Å². The van der Waals surface area contributed by atoms with E-state index in [1.54, 1.807) is 0 Å². The fraction of sp³-hybridized carbons (Fsp3) is 0.938. The van der Waals surface area contributed by atoms with Gasteiger partial charge in [0.25, 0.3) is 0 Å². The van der Waals surface area contributed by atoms with Gasteiger partial charge in [-0.25, -0.2) is 4.79 Å². The quantitative estimate of drug-likeness (QED) is 0.711. The largest absolute Gasteiger partial charge is 0.325 e. The van der Waals surface area contributed by atoms with Crippen LogP contribution in [0.15, 0.2) is 0 Å². The minimum Gasteiger partial charge on any atom is -0.325 e. The number of carbonyl (C=O) groups excluding carboxylic acids is 1. The third kappa shape index (κ3) is 3.87. The molecule has 2 atom stereocenters. The third-order valence-corrected chi connectivity index (χ3v) is 4.91. The van der Waals surface area contributed by atoms with Crippen molar-refractivity contribution in [2.24, 2.45) is 17.8 Å². The molecule has 2 aliphatic heterocycles. The van der Waals surface area contributed by atoms with Crippen LogP contribution in [-0.2, 0) is 0 Å². The molecule has 2 rings (SSSR count). The third-order valence-electron chi connectivity index (χ3n) is 4.91. The summed E-state index contributed by atoms with van der Waals surface area (Å²) in [5.41, 5.74) is 0. The van der Waals surface area contributed by atoms with E-state index in [0.717, 1.165) is 38.0 Å².